The average molecular weight is 442 g/mol. The van der Waals surface area contributed by atoms with Crippen molar-refractivity contribution in [2.45, 2.75) is 32.7 Å². The van der Waals surface area contributed by atoms with Crippen LogP contribution in [0.25, 0.3) is 0 Å². The van der Waals surface area contributed by atoms with Crippen LogP contribution in [0.1, 0.15) is 37.6 Å². The third-order valence-corrected chi connectivity index (χ3v) is 5.62. The minimum absolute atomic E-state index is 0.0126. The molecule has 1 aromatic rings. The Bertz CT molecular complexity index is 717. The topological polar surface area (TPSA) is 108 Å². The van der Waals surface area contributed by atoms with Gasteiger partial charge in [-0.2, -0.15) is 4.79 Å². The molecule has 9 heteroatoms. The van der Waals surface area contributed by atoms with E-state index in [2.05, 4.69) is 32.1 Å². The number of likely N-dealkylation sites (tertiary alicyclic amines) is 1. The molecule has 1 aliphatic rings. The van der Waals surface area contributed by atoms with Crippen LogP contribution in [-0.4, -0.2) is 52.8 Å². The number of halogens is 1. The van der Waals surface area contributed by atoms with Crippen molar-refractivity contribution in [3.05, 3.63) is 34.3 Å². The van der Waals surface area contributed by atoms with Gasteiger partial charge in [-0.3, -0.25) is 10.2 Å². The summed E-state index contributed by atoms with van der Waals surface area (Å²) >= 11 is 3.29. The van der Waals surface area contributed by atoms with Crippen LogP contribution in [0, 0.1) is 5.92 Å². The molecule has 27 heavy (non-hydrogen) atoms. The summed E-state index contributed by atoms with van der Waals surface area (Å²) in [4.78, 5) is 35.7. The number of hydrogen-bond acceptors (Lipinski definition) is 3. The molecule has 1 fully saturated rings. The predicted molar refractivity (Wildman–Crippen MR) is 104 cm³/mol. The van der Waals surface area contributed by atoms with E-state index in [-0.39, 0.29) is 10.4 Å². The quantitative estimate of drug-likeness (QED) is 0.427. The van der Waals surface area contributed by atoms with Gasteiger partial charge in [-0.1, -0.05) is 15.9 Å². The van der Waals surface area contributed by atoms with Gasteiger partial charge in [-0.15, -0.1) is 0 Å². The predicted octanol–water partition coefficient (Wildman–Crippen LogP) is 2.71. The third kappa shape index (κ3) is 4.98. The lowest BCUT2D eigenvalue weighted by Gasteiger charge is -2.40. The first kappa shape index (κ1) is 21.2. The molecule has 0 saturated carbocycles. The molecule has 2 rings (SSSR count). The van der Waals surface area contributed by atoms with E-state index in [1.165, 1.54) is 0 Å². The molecule has 4 amide bonds. The SMILES string of the molecule is CC(C)(C)[N+]1(C(=O)O)CC[C@@H](CNC(=O)NNC(=O)c2ccc(Br)cc2)C1. The highest BCUT2D eigenvalue weighted by molar-refractivity contribution is 9.10. The fraction of sp³-hybridized carbons (Fsp3) is 0.500. The molecule has 1 aliphatic heterocycles. The van der Waals surface area contributed by atoms with Crippen LogP contribution in [0.2, 0.25) is 0 Å². The van der Waals surface area contributed by atoms with Gasteiger partial charge in [0.1, 0.15) is 5.54 Å². The molecule has 148 valence electrons. The van der Waals surface area contributed by atoms with E-state index in [4.69, 9.17) is 0 Å². The minimum atomic E-state index is -0.837. The van der Waals surface area contributed by atoms with Gasteiger partial charge in [-0.05, 0) is 45.0 Å². The molecule has 2 atom stereocenters. The summed E-state index contributed by atoms with van der Waals surface area (Å²) in [5.74, 6) is -0.360. The second kappa shape index (κ2) is 8.26. The van der Waals surface area contributed by atoms with Crippen LogP contribution < -0.4 is 16.2 Å². The molecule has 0 aliphatic carbocycles. The average Bonchev–Trinajstić information content (AvgIpc) is 3.04. The summed E-state index contributed by atoms with van der Waals surface area (Å²) in [5.41, 5.74) is 4.65. The van der Waals surface area contributed by atoms with E-state index >= 15 is 0 Å². The van der Waals surface area contributed by atoms with Crippen LogP contribution >= 0.6 is 15.9 Å². The lowest BCUT2D eigenvalue weighted by molar-refractivity contribution is -0.893. The molecular formula is C18H26BrN4O4+. The van der Waals surface area contributed by atoms with Crippen LogP contribution in [0.4, 0.5) is 9.59 Å². The number of amides is 4. The second-order valence-corrected chi connectivity index (χ2v) is 8.69. The number of hydrogen-bond donors (Lipinski definition) is 4. The lowest BCUT2D eigenvalue weighted by Crippen LogP contribution is -2.62. The van der Waals surface area contributed by atoms with Gasteiger partial charge in [-0.25, -0.2) is 14.7 Å². The Morgan fingerprint density at radius 1 is 1.19 bits per heavy atom. The van der Waals surface area contributed by atoms with Gasteiger partial charge >= 0.3 is 12.1 Å². The zero-order chi connectivity index (χ0) is 20.2. The number of benzene rings is 1. The smallest absolute Gasteiger partial charge is 0.435 e. The standard InChI is InChI=1S/C18H25BrN4O4/c1-18(2,3)23(17(26)27)9-8-12(11-23)10-20-16(25)22-21-15(24)13-4-6-14(19)7-5-13/h4-7,12H,8-11H2,1-3H3,(H3-,20,21,22,24,25,26,27)/p+1/t12-,23?/m0/s1. The molecule has 1 unspecified atom stereocenters. The number of urea groups is 1. The van der Waals surface area contributed by atoms with Crippen molar-refractivity contribution in [1.82, 2.24) is 16.2 Å². The highest BCUT2D eigenvalue weighted by Gasteiger charge is 2.52. The zero-order valence-electron chi connectivity index (χ0n) is 15.7. The van der Waals surface area contributed by atoms with Gasteiger partial charge in [0.15, 0.2) is 0 Å². The third-order valence-electron chi connectivity index (χ3n) is 5.09. The summed E-state index contributed by atoms with van der Waals surface area (Å²) in [6, 6.07) is 6.20. The minimum Gasteiger partial charge on any atom is -0.435 e. The summed E-state index contributed by atoms with van der Waals surface area (Å²) in [6.07, 6.45) is -0.119. The molecule has 1 aromatic carbocycles. The van der Waals surface area contributed by atoms with E-state index in [0.717, 1.165) is 10.9 Å². The molecule has 1 heterocycles. The Balaban J connectivity index is 1.80. The highest BCUT2D eigenvalue weighted by atomic mass is 79.9. The number of carbonyl (C=O) groups excluding carboxylic acids is 2. The number of hydrazine groups is 1. The number of rotatable bonds is 3. The first-order valence-electron chi connectivity index (χ1n) is 8.75. The molecule has 0 radical (unpaired) electrons. The fourth-order valence-electron chi connectivity index (χ4n) is 3.33. The number of nitrogens with one attached hydrogen (secondary N) is 3. The van der Waals surface area contributed by atoms with Crippen molar-refractivity contribution in [3.63, 3.8) is 0 Å². The number of nitrogens with zero attached hydrogens (tertiary/aromatic N) is 1. The van der Waals surface area contributed by atoms with Crippen molar-refractivity contribution >= 4 is 34.0 Å². The summed E-state index contributed by atoms with van der Waals surface area (Å²) in [6.45, 7) is 7.10. The molecule has 0 aromatic heterocycles. The highest BCUT2D eigenvalue weighted by Crippen LogP contribution is 2.34. The Morgan fingerprint density at radius 3 is 2.33 bits per heavy atom. The summed E-state index contributed by atoms with van der Waals surface area (Å²) in [7, 11) is 0. The molecule has 0 bridgehead atoms. The maximum absolute atomic E-state index is 12.0. The van der Waals surface area contributed by atoms with E-state index < -0.39 is 23.6 Å². The van der Waals surface area contributed by atoms with Gasteiger partial charge in [0.25, 0.3) is 5.91 Å². The number of quaternary nitrogens is 1. The maximum atomic E-state index is 12.0. The van der Waals surface area contributed by atoms with Crippen molar-refractivity contribution in [1.29, 1.82) is 0 Å². The van der Waals surface area contributed by atoms with Crippen LogP contribution in [-0.2, 0) is 0 Å². The molecule has 0 spiro atoms. The summed E-state index contributed by atoms with van der Waals surface area (Å²) in [5, 5.41) is 12.4. The van der Waals surface area contributed by atoms with E-state index in [0.29, 0.717) is 25.2 Å². The van der Waals surface area contributed by atoms with Gasteiger partial charge in [0.2, 0.25) is 0 Å². The Hall–Kier alpha value is -2.13. The van der Waals surface area contributed by atoms with Crippen LogP contribution in [0.5, 0.6) is 0 Å². The van der Waals surface area contributed by atoms with Crippen molar-refractivity contribution in [2.24, 2.45) is 5.92 Å². The van der Waals surface area contributed by atoms with Crippen molar-refractivity contribution < 1.29 is 24.0 Å². The monoisotopic (exact) mass is 441 g/mol. The largest absolute Gasteiger partial charge is 0.513 e. The second-order valence-electron chi connectivity index (χ2n) is 7.78. The molecule has 4 N–H and O–H groups in total. The number of carboxylic acid groups (broad SMARTS) is 1. The van der Waals surface area contributed by atoms with Gasteiger partial charge in [0, 0.05) is 28.9 Å². The zero-order valence-corrected chi connectivity index (χ0v) is 17.3. The normalized spacial score (nSPS) is 22.1. The van der Waals surface area contributed by atoms with Crippen LogP contribution in [0.15, 0.2) is 28.7 Å². The Morgan fingerprint density at radius 2 is 1.81 bits per heavy atom. The van der Waals surface area contributed by atoms with Crippen LogP contribution in [0.3, 0.4) is 0 Å². The first-order valence-corrected chi connectivity index (χ1v) is 9.55. The maximum Gasteiger partial charge on any atom is 0.513 e. The van der Waals surface area contributed by atoms with Gasteiger partial charge in [0.05, 0.1) is 13.1 Å². The van der Waals surface area contributed by atoms with Gasteiger partial charge < -0.3 is 10.4 Å². The van der Waals surface area contributed by atoms with E-state index in [1.807, 2.05) is 20.8 Å². The Kier molecular flexibility index (Phi) is 6.48. The fourth-order valence-corrected chi connectivity index (χ4v) is 3.60. The molecular weight excluding hydrogens is 416 g/mol. The van der Waals surface area contributed by atoms with Crippen molar-refractivity contribution in [2.75, 3.05) is 19.6 Å². The number of carbonyl (C=O) groups is 3. The Labute approximate surface area is 167 Å². The first-order chi connectivity index (χ1) is 12.5. The lowest BCUT2D eigenvalue weighted by atomic mass is 10.0. The molecule has 8 nitrogen and oxygen atoms in total. The van der Waals surface area contributed by atoms with Crippen molar-refractivity contribution in [3.8, 4) is 0 Å². The summed E-state index contributed by atoms with van der Waals surface area (Å²) < 4.78 is 0.841. The molecule has 1 saturated heterocycles. The van der Waals surface area contributed by atoms with E-state index in [1.54, 1.807) is 24.3 Å². The van der Waals surface area contributed by atoms with E-state index in [9.17, 15) is 19.5 Å².